The molecule has 2 N–H and O–H groups in total. The van der Waals surface area contributed by atoms with Gasteiger partial charge in [-0.1, -0.05) is 13.8 Å². The molecule has 0 radical (unpaired) electrons. The van der Waals surface area contributed by atoms with Crippen molar-refractivity contribution in [1.82, 2.24) is 9.97 Å². The summed E-state index contributed by atoms with van der Waals surface area (Å²) < 4.78 is 0.759. The Morgan fingerprint density at radius 2 is 2.36 bits per heavy atom. The Labute approximate surface area is 97.0 Å². The predicted molar refractivity (Wildman–Crippen MR) is 65.2 cm³/mol. The van der Waals surface area contributed by atoms with Crippen molar-refractivity contribution in [3.8, 4) is 0 Å². The largest absolute Gasteiger partial charge is 0.383 e. The van der Waals surface area contributed by atoms with E-state index in [4.69, 9.17) is 5.73 Å². The minimum absolute atomic E-state index is 0.514. The molecule has 1 atom stereocenters. The van der Waals surface area contributed by atoms with E-state index in [1.54, 1.807) is 6.20 Å². The lowest BCUT2D eigenvalue weighted by molar-refractivity contribution is 0.901. The van der Waals surface area contributed by atoms with Crippen LogP contribution in [0.3, 0.4) is 0 Å². The number of halogens is 1. The van der Waals surface area contributed by atoms with Gasteiger partial charge in [0.2, 0.25) is 0 Å². The maximum Gasteiger partial charge on any atom is 0.141 e. The van der Waals surface area contributed by atoms with Gasteiger partial charge in [0.05, 0.1) is 10.2 Å². The van der Waals surface area contributed by atoms with Crippen LogP contribution in [0.1, 0.15) is 26.1 Å². The highest BCUT2D eigenvalue weighted by Crippen LogP contribution is 2.20. The van der Waals surface area contributed by atoms with Crippen molar-refractivity contribution in [2.45, 2.75) is 31.3 Å². The van der Waals surface area contributed by atoms with Gasteiger partial charge in [0.15, 0.2) is 0 Å². The molecule has 0 aliphatic rings. The van der Waals surface area contributed by atoms with E-state index >= 15 is 0 Å². The van der Waals surface area contributed by atoms with E-state index < -0.39 is 0 Å². The summed E-state index contributed by atoms with van der Waals surface area (Å²) in [5.74, 6) is 2.14. The highest BCUT2D eigenvalue weighted by Gasteiger charge is 2.04. The third kappa shape index (κ3) is 3.46. The molecule has 3 nitrogen and oxygen atoms in total. The van der Waals surface area contributed by atoms with Gasteiger partial charge in [-0.3, -0.25) is 0 Å². The Balaban J connectivity index is 2.55. The average molecular weight is 276 g/mol. The van der Waals surface area contributed by atoms with Gasteiger partial charge in [-0.15, -0.1) is 0 Å². The second kappa shape index (κ2) is 5.56. The summed E-state index contributed by atoms with van der Waals surface area (Å²) in [6.07, 6.45) is 2.87. The van der Waals surface area contributed by atoms with Crippen molar-refractivity contribution in [3.05, 3.63) is 16.5 Å². The fourth-order valence-electron chi connectivity index (χ4n) is 0.823. The molecule has 1 unspecified atom stereocenters. The molecule has 0 saturated carbocycles. The Morgan fingerprint density at radius 1 is 1.64 bits per heavy atom. The highest BCUT2D eigenvalue weighted by atomic mass is 79.9. The molecule has 0 bridgehead atoms. The van der Waals surface area contributed by atoms with E-state index in [0.717, 1.165) is 22.5 Å². The number of thioether (sulfide) groups is 1. The zero-order chi connectivity index (χ0) is 10.6. The molecule has 0 spiro atoms. The number of rotatable bonds is 4. The number of hydrogen-bond acceptors (Lipinski definition) is 4. The van der Waals surface area contributed by atoms with E-state index in [-0.39, 0.29) is 0 Å². The molecule has 14 heavy (non-hydrogen) atoms. The van der Waals surface area contributed by atoms with Crippen molar-refractivity contribution in [1.29, 1.82) is 0 Å². The van der Waals surface area contributed by atoms with E-state index in [2.05, 4.69) is 39.7 Å². The topological polar surface area (TPSA) is 51.8 Å². The van der Waals surface area contributed by atoms with Crippen LogP contribution in [-0.2, 0) is 5.75 Å². The Kier molecular flexibility index (Phi) is 4.68. The highest BCUT2D eigenvalue weighted by molar-refractivity contribution is 9.10. The van der Waals surface area contributed by atoms with Crippen molar-refractivity contribution in [2.75, 3.05) is 5.73 Å². The first-order valence-corrected chi connectivity index (χ1v) is 6.36. The molecular formula is C9H14BrN3S. The SMILES string of the molecule is CCC(C)SCc1ncc(Br)c(N)n1. The van der Waals surface area contributed by atoms with Crippen LogP contribution in [-0.4, -0.2) is 15.2 Å². The average Bonchev–Trinajstić information content (AvgIpc) is 2.19. The zero-order valence-corrected chi connectivity index (χ0v) is 10.7. The van der Waals surface area contributed by atoms with Crippen LogP contribution >= 0.6 is 27.7 Å². The fourth-order valence-corrected chi connectivity index (χ4v) is 1.82. The monoisotopic (exact) mass is 275 g/mol. The maximum atomic E-state index is 5.65. The Bertz CT molecular complexity index is 306. The van der Waals surface area contributed by atoms with E-state index in [9.17, 15) is 0 Å². The fraction of sp³-hybridized carbons (Fsp3) is 0.556. The quantitative estimate of drug-likeness (QED) is 0.918. The molecule has 0 saturated heterocycles. The van der Waals surface area contributed by atoms with Gasteiger partial charge in [-0.2, -0.15) is 11.8 Å². The number of nitrogens with two attached hydrogens (primary N) is 1. The first kappa shape index (κ1) is 11.8. The van der Waals surface area contributed by atoms with Crippen molar-refractivity contribution < 1.29 is 0 Å². The van der Waals surface area contributed by atoms with Gasteiger partial charge in [-0.25, -0.2) is 9.97 Å². The minimum Gasteiger partial charge on any atom is -0.383 e. The van der Waals surface area contributed by atoms with Crippen LogP contribution in [0.4, 0.5) is 5.82 Å². The molecule has 1 heterocycles. The summed E-state index contributed by atoms with van der Waals surface area (Å²) >= 11 is 5.11. The van der Waals surface area contributed by atoms with Crippen LogP contribution in [0.25, 0.3) is 0 Å². The van der Waals surface area contributed by atoms with Gasteiger partial charge < -0.3 is 5.73 Å². The molecule has 1 rings (SSSR count). The predicted octanol–water partition coefficient (Wildman–Crippen LogP) is 2.85. The lowest BCUT2D eigenvalue weighted by Crippen LogP contribution is -2.01. The molecule has 0 amide bonds. The van der Waals surface area contributed by atoms with Gasteiger partial charge in [0, 0.05) is 11.4 Å². The van der Waals surface area contributed by atoms with Crippen LogP contribution in [0.15, 0.2) is 10.7 Å². The van der Waals surface area contributed by atoms with Crippen molar-refractivity contribution >= 4 is 33.5 Å². The zero-order valence-electron chi connectivity index (χ0n) is 8.33. The second-order valence-electron chi connectivity index (χ2n) is 3.05. The number of aromatic nitrogens is 2. The Morgan fingerprint density at radius 3 is 2.93 bits per heavy atom. The molecule has 1 aromatic rings. The number of hydrogen-bond donors (Lipinski definition) is 1. The maximum absolute atomic E-state index is 5.65. The molecule has 1 aromatic heterocycles. The van der Waals surface area contributed by atoms with E-state index in [1.807, 2.05) is 11.8 Å². The first-order valence-electron chi connectivity index (χ1n) is 4.52. The lowest BCUT2D eigenvalue weighted by atomic mass is 10.4. The molecule has 0 aromatic carbocycles. The molecular weight excluding hydrogens is 262 g/mol. The molecule has 0 fully saturated rings. The summed E-state index contributed by atoms with van der Waals surface area (Å²) in [4.78, 5) is 8.36. The normalized spacial score (nSPS) is 12.8. The molecule has 0 aliphatic heterocycles. The van der Waals surface area contributed by atoms with Crippen LogP contribution < -0.4 is 5.73 Å². The third-order valence-corrected chi connectivity index (χ3v) is 3.83. The Hall–Kier alpha value is -0.290. The van der Waals surface area contributed by atoms with Crippen LogP contribution in [0.2, 0.25) is 0 Å². The summed E-state index contributed by atoms with van der Waals surface area (Å²) in [6, 6.07) is 0. The first-order chi connectivity index (χ1) is 6.63. The summed E-state index contributed by atoms with van der Waals surface area (Å²) in [6.45, 7) is 4.38. The van der Waals surface area contributed by atoms with Crippen molar-refractivity contribution in [2.24, 2.45) is 0 Å². The van der Waals surface area contributed by atoms with Gasteiger partial charge >= 0.3 is 0 Å². The minimum atomic E-state index is 0.514. The number of nitrogens with zero attached hydrogens (tertiary/aromatic N) is 2. The summed E-state index contributed by atoms with van der Waals surface area (Å²) in [5.41, 5.74) is 5.65. The standard InChI is InChI=1S/C9H14BrN3S/c1-3-6(2)14-5-8-12-4-7(10)9(11)13-8/h4,6H,3,5H2,1-2H3,(H2,11,12,13). The number of anilines is 1. The molecule has 5 heteroatoms. The second-order valence-corrected chi connectivity index (χ2v) is 5.33. The van der Waals surface area contributed by atoms with E-state index in [1.165, 1.54) is 0 Å². The molecule has 0 aliphatic carbocycles. The smallest absolute Gasteiger partial charge is 0.141 e. The van der Waals surface area contributed by atoms with Gasteiger partial charge in [0.1, 0.15) is 11.6 Å². The van der Waals surface area contributed by atoms with E-state index in [0.29, 0.717) is 11.1 Å². The van der Waals surface area contributed by atoms with Crippen molar-refractivity contribution in [3.63, 3.8) is 0 Å². The summed E-state index contributed by atoms with van der Waals surface area (Å²) in [5, 5.41) is 0.642. The van der Waals surface area contributed by atoms with Crippen LogP contribution in [0.5, 0.6) is 0 Å². The summed E-state index contributed by atoms with van der Waals surface area (Å²) in [7, 11) is 0. The van der Waals surface area contributed by atoms with Gasteiger partial charge in [0.25, 0.3) is 0 Å². The lowest BCUT2D eigenvalue weighted by Gasteiger charge is -2.07. The third-order valence-electron chi connectivity index (χ3n) is 1.89. The number of nitrogen functional groups attached to an aromatic ring is 1. The van der Waals surface area contributed by atoms with Crippen LogP contribution in [0, 0.1) is 0 Å². The molecule has 78 valence electrons. The van der Waals surface area contributed by atoms with Gasteiger partial charge in [-0.05, 0) is 22.4 Å².